The van der Waals surface area contributed by atoms with E-state index in [9.17, 15) is 0 Å². The van der Waals surface area contributed by atoms with E-state index in [1.54, 1.807) is 0 Å². The monoisotopic (exact) mass is 218 g/mol. The predicted molar refractivity (Wildman–Crippen MR) is 68.4 cm³/mol. The summed E-state index contributed by atoms with van der Waals surface area (Å²) in [6.07, 6.45) is 2.53. The van der Waals surface area contributed by atoms with Gasteiger partial charge in [-0.05, 0) is 18.4 Å². The molecular weight excluding hydrogens is 196 g/mol. The minimum atomic E-state index is 0.723. The molecule has 2 nitrogen and oxygen atoms in total. The lowest BCUT2D eigenvalue weighted by molar-refractivity contribution is 0.282. The van der Waals surface area contributed by atoms with Gasteiger partial charge in [0.15, 0.2) is 0 Å². The summed E-state index contributed by atoms with van der Waals surface area (Å²) in [5.41, 5.74) is 1.43. The second-order valence-corrected chi connectivity index (χ2v) is 4.61. The van der Waals surface area contributed by atoms with Crippen LogP contribution in [-0.4, -0.2) is 30.6 Å². The highest BCUT2D eigenvalue weighted by Gasteiger charge is 2.14. The van der Waals surface area contributed by atoms with Crippen LogP contribution < -0.4 is 5.32 Å². The summed E-state index contributed by atoms with van der Waals surface area (Å²) in [6.45, 7) is 6.89. The van der Waals surface area contributed by atoms with Crippen LogP contribution in [0.15, 0.2) is 30.3 Å². The fourth-order valence-electron chi connectivity index (χ4n) is 2.33. The average Bonchev–Trinajstić information content (AvgIpc) is 2.56. The molecular formula is C14H22N2. The molecule has 2 rings (SSSR count). The topological polar surface area (TPSA) is 15.3 Å². The quantitative estimate of drug-likeness (QED) is 0.837. The van der Waals surface area contributed by atoms with Crippen molar-refractivity contribution in [3.8, 4) is 0 Å². The Hall–Kier alpha value is -0.860. The second-order valence-electron chi connectivity index (χ2n) is 4.61. The normalized spacial score (nSPS) is 22.9. The molecule has 1 unspecified atom stereocenters. The smallest absolute Gasteiger partial charge is 0.0234 e. The van der Waals surface area contributed by atoms with E-state index < -0.39 is 0 Å². The lowest BCUT2D eigenvalue weighted by Crippen LogP contribution is -2.29. The maximum atomic E-state index is 3.61. The van der Waals surface area contributed by atoms with Crippen molar-refractivity contribution in [1.82, 2.24) is 10.2 Å². The summed E-state index contributed by atoms with van der Waals surface area (Å²) < 4.78 is 0. The van der Waals surface area contributed by atoms with Gasteiger partial charge in [-0.25, -0.2) is 0 Å². The molecule has 16 heavy (non-hydrogen) atoms. The third-order valence-corrected chi connectivity index (χ3v) is 3.40. The first-order valence-corrected chi connectivity index (χ1v) is 6.38. The summed E-state index contributed by atoms with van der Waals surface area (Å²) >= 11 is 0. The molecule has 0 aromatic heterocycles. The molecule has 88 valence electrons. The standard InChI is InChI=1S/C14H22N2/c1-2-14-8-10-16(11-9-15-14)12-13-6-4-3-5-7-13/h3-7,14-15H,2,8-12H2,1H3. The van der Waals surface area contributed by atoms with Crippen LogP contribution in [0.4, 0.5) is 0 Å². The first-order valence-electron chi connectivity index (χ1n) is 6.38. The molecule has 1 atom stereocenters. The molecule has 1 saturated heterocycles. The van der Waals surface area contributed by atoms with E-state index in [-0.39, 0.29) is 0 Å². The molecule has 1 aromatic rings. The average molecular weight is 218 g/mol. The van der Waals surface area contributed by atoms with Crippen LogP contribution in [0.5, 0.6) is 0 Å². The van der Waals surface area contributed by atoms with Gasteiger partial charge >= 0.3 is 0 Å². The van der Waals surface area contributed by atoms with E-state index in [2.05, 4.69) is 47.5 Å². The molecule has 2 heteroatoms. The van der Waals surface area contributed by atoms with Crippen molar-refractivity contribution in [2.24, 2.45) is 0 Å². The largest absolute Gasteiger partial charge is 0.313 e. The molecule has 1 fully saturated rings. The van der Waals surface area contributed by atoms with Crippen LogP contribution in [0, 0.1) is 0 Å². The Morgan fingerprint density at radius 2 is 2.06 bits per heavy atom. The minimum absolute atomic E-state index is 0.723. The van der Waals surface area contributed by atoms with Gasteiger partial charge in [-0.2, -0.15) is 0 Å². The zero-order valence-electron chi connectivity index (χ0n) is 10.2. The molecule has 1 aliphatic heterocycles. The zero-order valence-corrected chi connectivity index (χ0v) is 10.2. The molecule has 0 radical (unpaired) electrons. The van der Waals surface area contributed by atoms with E-state index >= 15 is 0 Å². The van der Waals surface area contributed by atoms with Gasteiger partial charge in [-0.3, -0.25) is 4.90 Å². The molecule has 0 saturated carbocycles. The van der Waals surface area contributed by atoms with Crippen LogP contribution in [0.3, 0.4) is 0 Å². The third kappa shape index (κ3) is 3.32. The zero-order chi connectivity index (χ0) is 11.2. The molecule has 1 N–H and O–H groups in total. The molecule has 0 spiro atoms. The van der Waals surface area contributed by atoms with Crippen molar-refractivity contribution in [2.45, 2.75) is 32.4 Å². The van der Waals surface area contributed by atoms with E-state index in [0.717, 1.165) is 19.1 Å². The minimum Gasteiger partial charge on any atom is -0.313 e. The third-order valence-electron chi connectivity index (χ3n) is 3.40. The molecule has 1 aromatic carbocycles. The Bertz CT molecular complexity index is 297. The van der Waals surface area contributed by atoms with Crippen molar-refractivity contribution in [3.05, 3.63) is 35.9 Å². The Balaban J connectivity index is 1.86. The fraction of sp³-hybridized carbons (Fsp3) is 0.571. The molecule has 0 amide bonds. The lowest BCUT2D eigenvalue weighted by atomic mass is 10.1. The molecule has 0 aliphatic carbocycles. The Labute approximate surface area is 98.7 Å². The van der Waals surface area contributed by atoms with Crippen molar-refractivity contribution < 1.29 is 0 Å². The summed E-state index contributed by atoms with van der Waals surface area (Å²) in [5.74, 6) is 0. The van der Waals surface area contributed by atoms with Gasteiger partial charge in [-0.15, -0.1) is 0 Å². The van der Waals surface area contributed by atoms with Gasteiger partial charge in [-0.1, -0.05) is 37.3 Å². The number of nitrogens with one attached hydrogen (secondary N) is 1. The van der Waals surface area contributed by atoms with Gasteiger partial charge in [0.25, 0.3) is 0 Å². The SMILES string of the molecule is CCC1CCN(Cc2ccccc2)CCN1. The van der Waals surface area contributed by atoms with Crippen molar-refractivity contribution in [1.29, 1.82) is 0 Å². The summed E-state index contributed by atoms with van der Waals surface area (Å²) in [5, 5.41) is 3.61. The fourth-order valence-corrected chi connectivity index (χ4v) is 2.33. The molecule has 0 bridgehead atoms. The maximum absolute atomic E-state index is 3.61. The van der Waals surface area contributed by atoms with Gasteiger partial charge in [0.1, 0.15) is 0 Å². The molecule has 1 aliphatic rings. The van der Waals surface area contributed by atoms with E-state index in [0.29, 0.717) is 0 Å². The highest BCUT2D eigenvalue weighted by molar-refractivity contribution is 5.14. The number of hydrogen-bond donors (Lipinski definition) is 1. The first kappa shape index (κ1) is 11.6. The van der Waals surface area contributed by atoms with Crippen LogP contribution in [0.25, 0.3) is 0 Å². The number of hydrogen-bond acceptors (Lipinski definition) is 2. The van der Waals surface area contributed by atoms with Gasteiger partial charge in [0, 0.05) is 32.2 Å². The van der Waals surface area contributed by atoms with Gasteiger partial charge < -0.3 is 5.32 Å². The number of nitrogens with zero attached hydrogens (tertiary/aromatic N) is 1. The van der Waals surface area contributed by atoms with Crippen LogP contribution in [0.1, 0.15) is 25.3 Å². The van der Waals surface area contributed by atoms with Crippen LogP contribution in [0.2, 0.25) is 0 Å². The van der Waals surface area contributed by atoms with Gasteiger partial charge in [0.05, 0.1) is 0 Å². The highest BCUT2D eigenvalue weighted by Crippen LogP contribution is 2.09. The molecule has 1 heterocycles. The van der Waals surface area contributed by atoms with E-state index in [4.69, 9.17) is 0 Å². The summed E-state index contributed by atoms with van der Waals surface area (Å²) in [6, 6.07) is 11.5. The van der Waals surface area contributed by atoms with Crippen molar-refractivity contribution in [2.75, 3.05) is 19.6 Å². The highest BCUT2D eigenvalue weighted by atomic mass is 15.2. The first-order chi connectivity index (χ1) is 7.88. The van der Waals surface area contributed by atoms with Crippen LogP contribution >= 0.6 is 0 Å². The van der Waals surface area contributed by atoms with Gasteiger partial charge in [0.2, 0.25) is 0 Å². The predicted octanol–water partition coefficient (Wildman–Crippen LogP) is 2.26. The maximum Gasteiger partial charge on any atom is 0.0234 e. The van der Waals surface area contributed by atoms with E-state index in [1.807, 2.05) is 0 Å². The Kier molecular flexibility index (Phi) is 4.37. The van der Waals surface area contributed by atoms with Crippen molar-refractivity contribution in [3.63, 3.8) is 0 Å². The summed E-state index contributed by atoms with van der Waals surface area (Å²) in [4.78, 5) is 2.55. The number of benzene rings is 1. The number of rotatable bonds is 3. The Morgan fingerprint density at radius 1 is 1.25 bits per heavy atom. The van der Waals surface area contributed by atoms with Crippen molar-refractivity contribution >= 4 is 0 Å². The lowest BCUT2D eigenvalue weighted by Gasteiger charge is -2.19. The second kappa shape index (κ2) is 6.02. The van der Waals surface area contributed by atoms with E-state index in [1.165, 1.54) is 31.5 Å². The Morgan fingerprint density at radius 3 is 2.81 bits per heavy atom. The summed E-state index contributed by atoms with van der Waals surface area (Å²) in [7, 11) is 0. The van der Waals surface area contributed by atoms with Crippen LogP contribution in [-0.2, 0) is 6.54 Å².